The topological polar surface area (TPSA) is 40.6 Å². The van der Waals surface area contributed by atoms with Crippen LogP contribution in [0.4, 0.5) is 0 Å². The van der Waals surface area contributed by atoms with Crippen molar-refractivity contribution in [3.63, 3.8) is 0 Å². The Labute approximate surface area is 135 Å². The zero-order valence-electron chi connectivity index (χ0n) is 11.1. The van der Waals surface area contributed by atoms with Gasteiger partial charge in [0.1, 0.15) is 0 Å². The van der Waals surface area contributed by atoms with Gasteiger partial charge in [-0.25, -0.2) is 0 Å². The van der Waals surface area contributed by atoms with Crippen LogP contribution in [0.15, 0.2) is 22.7 Å². The Kier molecular flexibility index (Phi) is 6.25. The zero-order chi connectivity index (χ0) is 14.6. The molecule has 2 amide bonds. The Bertz CT molecular complexity index is 492. The van der Waals surface area contributed by atoms with E-state index in [1.54, 1.807) is 19.0 Å². The smallest absolute Gasteiger partial charge is 0.255 e. The maximum absolute atomic E-state index is 12.4. The summed E-state index contributed by atoms with van der Waals surface area (Å²) in [6.07, 6.45) is 0. The van der Waals surface area contributed by atoms with Crippen LogP contribution in [0.1, 0.15) is 17.3 Å². The summed E-state index contributed by atoms with van der Waals surface area (Å²) in [5, 5.41) is 0. The quantitative estimate of drug-likeness (QED) is 0.678. The summed E-state index contributed by atoms with van der Waals surface area (Å²) in [5.41, 5.74) is 0.584. The number of carbonyl (C=O) groups is 2. The second-order valence-electron chi connectivity index (χ2n) is 4.23. The van der Waals surface area contributed by atoms with Crippen LogP contribution >= 0.6 is 38.5 Å². The van der Waals surface area contributed by atoms with E-state index in [4.69, 9.17) is 0 Å². The van der Waals surface area contributed by atoms with E-state index in [0.717, 1.165) is 8.04 Å². The molecule has 0 radical (unpaired) electrons. The van der Waals surface area contributed by atoms with Crippen molar-refractivity contribution in [3.05, 3.63) is 31.8 Å². The molecule has 0 heterocycles. The van der Waals surface area contributed by atoms with Crippen LogP contribution in [-0.2, 0) is 4.79 Å². The molecular weight excluding hydrogens is 423 g/mol. The average Bonchev–Trinajstić information content (AvgIpc) is 2.37. The van der Waals surface area contributed by atoms with Crippen molar-refractivity contribution in [3.8, 4) is 0 Å². The number of nitrogens with zero attached hydrogens (tertiary/aromatic N) is 2. The van der Waals surface area contributed by atoms with Crippen LogP contribution in [0.25, 0.3) is 0 Å². The van der Waals surface area contributed by atoms with Gasteiger partial charge in [0.15, 0.2) is 0 Å². The molecule has 0 saturated heterocycles. The molecule has 0 unspecified atom stereocenters. The van der Waals surface area contributed by atoms with E-state index in [1.165, 1.54) is 4.90 Å². The van der Waals surface area contributed by atoms with Gasteiger partial charge >= 0.3 is 0 Å². The number of benzene rings is 1. The summed E-state index contributed by atoms with van der Waals surface area (Å²) in [7, 11) is 3.37. The molecule has 0 aliphatic heterocycles. The fraction of sp³-hybridized carbons (Fsp3) is 0.385. The van der Waals surface area contributed by atoms with Gasteiger partial charge in [-0.2, -0.15) is 0 Å². The second-order valence-corrected chi connectivity index (χ2v) is 6.33. The van der Waals surface area contributed by atoms with E-state index < -0.39 is 0 Å². The third-order valence-electron chi connectivity index (χ3n) is 2.65. The number of amides is 2. The maximum atomic E-state index is 12.4. The number of hydrogen-bond donors (Lipinski definition) is 0. The van der Waals surface area contributed by atoms with Crippen LogP contribution in [0.3, 0.4) is 0 Å². The van der Waals surface area contributed by atoms with E-state index >= 15 is 0 Å². The monoisotopic (exact) mass is 438 g/mol. The number of hydrogen-bond acceptors (Lipinski definition) is 2. The lowest BCUT2D eigenvalue weighted by atomic mass is 10.2. The standard InChI is InChI=1S/C13H16BrIN2O2/c1-4-17(8-12(18)16(2)3)13(19)10-7-9(15)5-6-11(10)14/h5-7H,4,8H2,1-3H3. The van der Waals surface area contributed by atoms with Crippen LogP contribution in [0, 0.1) is 3.57 Å². The highest BCUT2D eigenvalue weighted by atomic mass is 127. The fourth-order valence-corrected chi connectivity index (χ4v) is 2.37. The first-order chi connectivity index (χ1) is 8.86. The predicted molar refractivity (Wildman–Crippen MR) is 87.1 cm³/mol. The molecule has 19 heavy (non-hydrogen) atoms. The Balaban J connectivity index is 2.95. The van der Waals surface area contributed by atoms with E-state index in [1.807, 2.05) is 25.1 Å². The molecule has 1 aromatic rings. The van der Waals surface area contributed by atoms with Gasteiger partial charge in [0.25, 0.3) is 5.91 Å². The fourth-order valence-electron chi connectivity index (χ4n) is 1.46. The first-order valence-corrected chi connectivity index (χ1v) is 7.68. The highest BCUT2D eigenvalue weighted by molar-refractivity contribution is 14.1. The van der Waals surface area contributed by atoms with Gasteiger partial charge in [-0.05, 0) is 63.6 Å². The highest BCUT2D eigenvalue weighted by Gasteiger charge is 2.20. The van der Waals surface area contributed by atoms with Crippen LogP contribution in [-0.4, -0.2) is 48.8 Å². The van der Waals surface area contributed by atoms with Crippen molar-refractivity contribution in [2.45, 2.75) is 6.92 Å². The van der Waals surface area contributed by atoms with Gasteiger partial charge in [0.2, 0.25) is 5.91 Å². The molecule has 1 rings (SSSR count). The number of halogens is 2. The normalized spacial score (nSPS) is 10.2. The second kappa shape index (κ2) is 7.23. The van der Waals surface area contributed by atoms with Crippen molar-refractivity contribution in [2.24, 2.45) is 0 Å². The van der Waals surface area contributed by atoms with E-state index in [2.05, 4.69) is 38.5 Å². The van der Waals surface area contributed by atoms with Crippen LogP contribution in [0.5, 0.6) is 0 Å². The number of rotatable bonds is 4. The third kappa shape index (κ3) is 4.45. The molecule has 0 aromatic heterocycles. The first kappa shape index (κ1) is 16.4. The minimum atomic E-state index is -0.136. The minimum absolute atomic E-state index is 0.0862. The third-order valence-corrected chi connectivity index (χ3v) is 4.02. The first-order valence-electron chi connectivity index (χ1n) is 5.81. The van der Waals surface area contributed by atoms with Gasteiger partial charge in [-0.3, -0.25) is 9.59 Å². The van der Waals surface area contributed by atoms with Crippen molar-refractivity contribution in [1.29, 1.82) is 0 Å². The summed E-state index contributed by atoms with van der Waals surface area (Å²) >= 11 is 5.54. The SMILES string of the molecule is CCN(CC(=O)N(C)C)C(=O)c1cc(I)ccc1Br. The van der Waals surface area contributed by atoms with Gasteiger partial charge < -0.3 is 9.80 Å². The lowest BCUT2D eigenvalue weighted by Crippen LogP contribution is -2.40. The number of likely N-dealkylation sites (N-methyl/N-ethyl adjacent to an activating group) is 2. The van der Waals surface area contributed by atoms with Crippen molar-refractivity contribution < 1.29 is 9.59 Å². The highest BCUT2D eigenvalue weighted by Crippen LogP contribution is 2.21. The predicted octanol–water partition coefficient (Wildman–Crippen LogP) is 2.60. The molecule has 0 fully saturated rings. The molecule has 1 aromatic carbocycles. The summed E-state index contributed by atoms with van der Waals surface area (Å²) in [6.45, 7) is 2.46. The Hall–Kier alpha value is -0.630. The van der Waals surface area contributed by atoms with E-state index in [-0.39, 0.29) is 18.4 Å². The largest absolute Gasteiger partial charge is 0.347 e. The summed E-state index contributed by atoms with van der Waals surface area (Å²) in [5.74, 6) is -0.222. The molecule has 0 spiro atoms. The average molecular weight is 439 g/mol. The van der Waals surface area contributed by atoms with Gasteiger partial charge in [0.05, 0.1) is 12.1 Å². The van der Waals surface area contributed by atoms with E-state index in [9.17, 15) is 9.59 Å². The van der Waals surface area contributed by atoms with Gasteiger partial charge in [0, 0.05) is 28.7 Å². The molecule has 0 aliphatic carbocycles. The van der Waals surface area contributed by atoms with E-state index in [0.29, 0.717) is 12.1 Å². The van der Waals surface area contributed by atoms with Gasteiger partial charge in [-0.15, -0.1) is 0 Å². The van der Waals surface area contributed by atoms with Crippen molar-refractivity contribution >= 4 is 50.3 Å². The van der Waals surface area contributed by atoms with Crippen molar-refractivity contribution in [2.75, 3.05) is 27.2 Å². The molecule has 6 heteroatoms. The summed E-state index contributed by atoms with van der Waals surface area (Å²) in [6, 6.07) is 5.58. The lowest BCUT2D eigenvalue weighted by Gasteiger charge is -2.22. The molecular formula is C13H16BrIN2O2. The molecule has 104 valence electrons. The Morgan fingerprint density at radius 3 is 2.47 bits per heavy atom. The van der Waals surface area contributed by atoms with Gasteiger partial charge in [-0.1, -0.05) is 0 Å². The Morgan fingerprint density at radius 2 is 1.95 bits per heavy atom. The maximum Gasteiger partial charge on any atom is 0.255 e. The lowest BCUT2D eigenvalue weighted by molar-refractivity contribution is -0.129. The molecule has 0 aliphatic rings. The van der Waals surface area contributed by atoms with Crippen LogP contribution < -0.4 is 0 Å². The number of carbonyl (C=O) groups excluding carboxylic acids is 2. The Morgan fingerprint density at radius 1 is 1.32 bits per heavy atom. The molecule has 0 saturated carbocycles. The summed E-state index contributed by atoms with van der Waals surface area (Å²) in [4.78, 5) is 27.2. The van der Waals surface area contributed by atoms with Crippen molar-refractivity contribution in [1.82, 2.24) is 9.80 Å². The van der Waals surface area contributed by atoms with Crippen LogP contribution in [0.2, 0.25) is 0 Å². The minimum Gasteiger partial charge on any atom is -0.347 e. The molecule has 0 N–H and O–H groups in total. The summed E-state index contributed by atoms with van der Waals surface area (Å²) < 4.78 is 1.73. The zero-order valence-corrected chi connectivity index (χ0v) is 14.9. The molecule has 0 atom stereocenters. The molecule has 0 bridgehead atoms. The molecule has 4 nitrogen and oxygen atoms in total.